The van der Waals surface area contributed by atoms with Crippen molar-refractivity contribution in [3.05, 3.63) is 30.1 Å². The van der Waals surface area contributed by atoms with Crippen molar-refractivity contribution in [2.45, 2.75) is 38.0 Å². The van der Waals surface area contributed by atoms with Crippen molar-refractivity contribution in [3.8, 4) is 0 Å². The van der Waals surface area contributed by atoms with Crippen molar-refractivity contribution in [1.29, 1.82) is 0 Å². The monoisotopic (exact) mass is 331 g/mol. The molecule has 122 valence electrons. The summed E-state index contributed by atoms with van der Waals surface area (Å²) in [5.74, 6) is 1.25. The molecule has 1 saturated heterocycles. The minimum absolute atomic E-state index is 0.0924. The van der Waals surface area contributed by atoms with E-state index >= 15 is 0 Å². The largest absolute Gasteiger partial charge is 0.372 e. The van der Waals surface area contributed by atoms with Gasteiger partial charge in [0.1, 0.15) is 10.9 Å². The minimum atomic E-state index is 0.0924. The predicted octanol–water partition coefficient (Wildman–Crippen LogP) is 2.67. The number of amides is 1. The van der Waals surface area contributed by atoms with E-state index in [2.05, 4.69) is 9.97 Å². The first kappa shape index (κ1) is 16.2. The highest BCUT2D eigenvalue weighted by atomic mass is 32.2. The third-order valence-corrected chi connectivity index (χ3v) is 4.76. The molecule has 1 amide bonds. The molecule has 1 aliphatic rings. The van der Waals surface area contributed by atoms with Crippen molar-refractivity contribution in [2.24, 2.45) is 0 Å². The summed E-state index contributed by atoms with van der Waals surface area (Å²) in [7, 11) is 0. The number of thioether (sulfide) groups is 1. The summed E-state index contributed by atoms with van der Waals surface area (Å²) < 4.78 is 5.68. The summed E-state index contributed by atoms with van der Waals surface area (Å²) >= 11 is 1.49. The fourth-order valence-corrected chi connectivity index (χ4v) is 3.84. The van der Waals surface area contributed by atoms with Crippen molar-refractivity contribution in [2.75, 3.05) is 18.8 Å². The van der Waals surface area contributed by atoms with Gasteiger partial charge in [-0.05, 0) is 26.8 Å². The van der Waals surface area contributed by atoms with E-state index < -0.39 is 0 Å². The summed E-state index contributed by atoms with van der Waals surface area (Å²) in [5, 5.41) is 1.87. The maximum Gasteiger partial charge on any atom is 0.233 e. The van der Waals surface area contributed by atoms with E-state index in [1.54, 1.807) is 0 Å². The van der Waals surface area contributed by atoms with Crippen LogP contribution in [-0.2, 0) is 9.53 Å². The van der Waals surface area contributed by atoms with Crippen molar-refractivity contribution >= 4 is 28.6 Å². The van der Waals surface area contributed by atoms with Crippen LogP contribution in [-0.4, -0.2) is 51.8 Å². The Hall–Kier alpha value is -1.66. The Morgan fingerprint density at radius 3 is 2.70 bits per heavy atom. The Kier molecular flexibility index (Phi) is 4.82. The van der Waals surface area contributed by atoms with Crippen LogP contribution in [0.3, 0.4) is 0 Å². The summed E-state index contributed by atoms with van der Waals surface area (Å²) in [6.45, 7) is 7.21. The standard InChI is InChI=1S/C17H21N3O2S/c1-11-8-20(9-12(2)22-11)16(21)10-23-17-14-6-4-5-7-15(14)18-13(3)19-17/h4-7,11-12H,8-10H2,1-3H3/t11-,12+. The lowest BCUT2D eigenvalue weighted by atomic mass is 10.2. The Balaban J connectivity index is 1.72. The number of nitrogens with zero attached hydrogens (tertiary/aromatic N) is 3. The summed E-state index contributed by atoms with van der Waals surface area (Å²) in [6, 6.07) is 7.91. The van der Waals surface area contributed by atoms with Gasteiger partial charge in [0, 0.05) is 18.5 Å². The molecule has 5 nitrogen and oxygen atoms in total. The third-order valence-electron chi connectivity index (χ3n) is 3.78. The van der Waals surface area contributed by atoms with Crippen LogP contribution >= 0.6 is 11.8 Å². The molecule has 0 N–H and O–H groups in total. The number of rotatable bonds is 3. The SMILES string of the molecule is Cc1nc(SCC(=O)N2C[C@@H](C)O[C@@H](C)C2)c2ccccc2n1. The van der Waals surface area contributed by atoms with Gasteiger partial charge in [-0.2, -0.15) is 0 Å². The number of ether oxygens (including phenoxy) is 1. The van der Waals surface area contributed by atoms with E-state index in [1.165, 1.54) is 11.8 Å². The second kappa shape index (κ2) is 6.84. The number of hydrogen-bond donors (Lipinski definition) is 0. The first-order valence-electron chi connectivity index (χ1n) is 7.82. The first-order valence-corrected chi connectivity index (χ1v) is 8.81. The lowest BCUT2D eigenvalue weighted by Crippen LogP contribution is -2.48. The fraction of sp³-hybridized carbons (Fsp3) is 0.471. The molecule has 0 saturated carbocycles. The van der Waals surface area contributed by atoms with Gasteiger partial charge in [0.2, 0.25) is 5.91 Å². The number of aromatic nitrogens is 2. The second-order valence-corrected chi connectivity index (χ2v) is 6.90. The highest BCUT2D eigenvalue weighted by Crippen LogP contribution is 2.25. The molecule has 3 rings (SSSR count). The average molecular weight is 331 g/mol. The van der Waals surface area contributed by atoms with Crippen molar-refractivity contribution in [3.63, 3.8) is 0 Å². The van der Waals surface area contributed by atoms with Gasteiger partial charge < -0.3 is 9.64 Å². The van der Waals surface area contributed by atoms with Crippen LogP contribution in [0.2, 0.25) is 0 Å². The van der Waals surface area contributed by atoms with Crippen LogP contribution in [0.1, 0.15) is 19.7 Å². The highest BCUT2D eigenvalue weighted by molar-refractivity contribution is 8.00. The molecular formula is C17H21N3O2S. The quantitative estimate of drug-likeness (QED) is 0.639. The van der Waals surface area contributed by atoms with Gasteiger partial charge >= 0.3 is 0 Å². The zero-order chi connectivity index (χ0) is 16.4. The highest BCUT2D eigenvalue weighted by Gasteiger charge is 2.25. The zero-order valence-corrected chi connectivity index (χ0v) is 14.5. The maximum atomic E-state index is 12.5. The smallest absolute Gasteiger partial charge is 0.233 e. The van der Waals surface area contributed by atoms with Gasteiger partial charge in [-0.3, -0.25) is 4.79 Å². The molecule has 1 fully saturated rings. The van der Waals surface area contributed by atoms with Gasteiger partial charge in [0.15, 0.2) is 0 Å². The lowest BCUT2D eigenvalue weighted by Gasteiger charge is -2.35. The summed E-state index contributed by atoms with van der Waals surface area (Å²) in [4.78, 5) is 23.3. The number of benzene rings is 1. The van der Waals surface area contributed by atoms with Crippen molar-refractivity contribution < 1.29 is 9.53 Å². The summed E-state index contributed by atoms with van der Waals surface area (Å²) in [6.07, 6.45) is 0.185. The van der Waals surface area contributed by atoms with Gasteiger partial charge in [-0.15, -0.1) is 0 Å². The molecule has 0 radical (unpaired) electrons. The van der Waals surface area contributed by atoms with Crippen LogP contribution in [0, 0.1) is 6.92 Å². The molecule has 2 atom stereocenters. The van der Waals surface area contributed by atoms with Crippen LogP contribution < -0.4 is 0 Å². The normalized spacial score (nSPS) is 21.6. The van der Waals surface area contributed by atoms with E-state index in [0.29, 0.717) is 18.8 Å². The van der Waals surface area contributed by atoms with Crippen molar-refractivity contribution in [1.82, 2.24) is 14.9 Å². The number of morpholine rings is 1. The fourth-order valence-electron chi connectivity index (χ4n) is 2.87. The van der Waals surface area contributed by atoms with Gasteiger partial charge in [-0.25, -0.2) is 9.97 Å². The van der Waals surface area contributed by atoms with E-state index in [9.17, 15) is 4.79 Å². The molecule has 0 aliphatic carbocycles. The van der Waals surface area contributed by atoms with Crippen LogP contribution in [0.25, 0.3) is 10.9 Å². The van der Waals surface area contributed by atoms with Gasteiger partial charge in [0.25, 0.3) is 0 Å². The Labute approximate surface area is 140 Å². The number of para-hydroxylation sites is 1. The Bertz CT molecular complexity index is 712. The van der Waals surface area contributed by atoms with Gasteiger partial charge in [0.05, 0.1) is 23.5 Å². The van der Waals surface area contributed by atoms with E-state index in [1.807, 2.05) is 49.9 Å². The first-order chi connectivity index (χ1) is 11.0. The maximum absolute atomic E-state index is 12.5. The number of hydrogen-bond acceptors (Lipinski definition) is 5. The molecule has 6 heteroatoms. The molecule has 0 unspecified atom stereocenters. The molecule has 2 aromatic rings. The average Bonchev–Trinajstić information content (AvgIpc) is 2.51. The topological polar surface area (TPSA) is 55.3 Å². The molecule has 2 heterocycles. The molecule has 1 aromatic heterocycles. The molecule has 23 heavy (non-hydrogen) atoms. The number of carbonyl (C=O) groups is 1. The van der Waals surface area contributed by atoms with Crippen LogP contribution in [0.5, 0.6) is 0 Å². The number of aryl methyl sites for hydroxylation is 1. The van der Waals surface area contributed by atoms with E-state index in [-0.39, 0.29) is 18.1 Å². The molecule has 1 aliphatic heterocycles. The minimum Gasteiger partial charge on any atom is -0.372 e. The second-order valence-electron chi connectivity index (χ2n) is 5.94. The van der Waals surface area contributed by atoms with Crippen LogP contribution in [0.15, 0.2) is 29.3 Å². The summed E-state index contributed by atoms with van der Waals surface area (Å²) in [5.41, 5.74) is 0.920. The Morgan fingerprint density at radius 2 is 1.96 bits per heavy atom. The molecule has 0 bridgehead atoms. The van der Waals surface area contributed by atoms with Gasteiger partial charge in [-0.1, -0.05) is 30.0 Å². The predicted molar refractivity (Wildman–Crippen MR) is 91.6 cm³/mol. The van der Waals surface area contributed by atoms with Crippen LogP contribution in [0.4, 0.5) is 0 Å². The van der Waals surface area contributed by atoms with E-state index in [4.69, 9.17) is 4.74 Å². The zero-order valence-electron chi connectivity index (χ0n) is 13.7. The number of carbonyl (C=O) groups excluding carboxylic acids is 1. The molecule has 1 aromatic carbocycles. The third kappa shape index (κ3) is 3.82. The lowest BCUT2D eigenvalue weighted by molar-refractivity contribution is -0.140. The Morgan fingerprint density at radius 1 is 1.26 bits per heavy atom. The number of fused-ring (bicyclic) bond motifs is 1. The van der Waals surface area contributed by atoms with E-state index in [0.717, 1.165) is 21.8 Å². The molecular weight excluding hydrogens is 310 g/mol. The molecule has 0 spiro atoms.